The number of aliphatic hydroxyl groups excluding tert-OH is 1. The van der Waals surface area contributed by atoms with Gasteiger partial charge >= 0.3 is 0 Å². The lowest BCUT2D eigenvalue weighted by Crippen LogP contribution is -2.27. The first-order chi connectivity index (χ1) is 7.82. The summed E-state index contributed by atoms with van der Waals surface area (Å²) in [6.45, 7) is 8.11. The van der Waals surface area contributed by atoms with E-state index in [-0.39, 0.29) is 12.0 Å². The van der Waals surface area contributed by atoms with Gasteiger partial charge in [-0.25, -0.2) is 0 Å². The Balaban J connectivity index is 2.93. The van der Waals surface area contributed by atoms with Crippen molar-refractivity contribution in [3.63, 3.8) is 0 Å². The van der Waals surface area contributed by atoms with Gasteiger partial charge in [-0.3, -0.25) is 0 Å². The van der Waals surface area contributed by atoms with Crippen LogP contribution in [0.2, 0.25) is 0 Å². The van der Waals surface area contributed by atoms with E-state index in [1.165, 1.54) is 5.57 Å². The zero-order valence-electron chi connectivity index (χ0n) is 11.5. The summed E-state index contributed by atoms with van der Waals surface area (Å²) in [4.78, 5) is 0. The molecule has 0 saturated heterocycles. The highest BCUT2D eigenvalue weighted by Crippen LogP contribution is 2.26. The summed E-state index contributed by atoms with van der Waals surface area (Å²) in [6, 6.07) is 0. The van der Waals surface area contributed by atoms with Crippen molar-refractivity contribution in [1.29, 1.82) is 0 Å². The van der Waals surface area contributed by atoms with Crippen LogP contribution in [0.4, 0.5) is 0 Å². The molecule has 0 aromatic rings. The van der Waals surface area contributed by atoms with Gasteiger partial charge in [0, 0.05) is 5.92 Å². The lowest BCUT2D eigenvalue weighted by Gasteiger charge is -2.27. The van der Waals surface area contributed by atoms with Crippen LogP contribution in [0.1, 0.15) is 47.0 Å². The van der Waals surface area contributed by atoms with Crippen LogP contribution in [-0.4, -0.2) is 21.9 Å². The second-order valence-electron chi connectivity index (χ2n) is 5.90. The first kappa shape index (κ1) is 14.5. The van der Waals surface area contributed by atoms with Gasteiger partial charge in [-0.05, 0) is 39.0 Å². The summed E-state index contributed by atoms with van der Waals surface area (Å²) in [7, 11) is 0. The number of allylic oxidation sites excluding steroid dienone is 1. The Morgan fingerprint density at radius 3 is 2.65 bits per heavy atom. The molecule has 2 heteroatoms. The molecular formula is C15H26O2. The Labute approximate surface area is 105 Å². The van der Waals surface area contributed by atoms with Crippen LogP contribution in [0.3, 0.4) is 0 Å². The fraction of sp³-hybridized carbons (Fsp3) is 0.733. The SMILES string of the molecule is CC1=CCCC(C)(O)C=CC(C(C)C)C(O)C1. The van der Waals surface area contributed by atoms with Gasteiger partial charge in [0.15, 0.2) is 0 Å². The van der Waals surface area contributed by atoms with E-state index in [1.807, 2.05) is 19.1 Å². The quantitative estimate of drug-likeness (QED) is 0.689. The standard InChI is InChI=1S/C15H26O2/c1-11(2)13-7-9-15(4,17)8-5-6-12(3)10-14(13)16/h6-7,9,11,13-14,16-17H,5,8,10H2,1-4H3. The Bertz CT molecular complexity index is 300. The fourth-order valence-corrected chi connectivity index (χ4v) is 2.36. The molecule has 2 nitrogen and oxygen atoms in total. The van der Waals surface area contributed by atoms with Crippen LogP contribution in [0.5, 0.6) is 0 Å². The van der Waals surface area contributed by atoms with Crippen LogP contribution in [0, 0.1) is 11.8 Å². The molecule has 0 aromatic carbocycles. The molecule has 3 unspecified atom stereocenters. The molecule has 1 aliphatic carbocycles. The number of rotatable bonds is 1. The molecule has 0 bridgehead atoms. The second kappa shape index (κ2) is 5.83. The van der Waals surface area contributed by atoms with E-state index >= 15 is 0 Å². The molecule has 0 aliphatic heterocycles. The van der Waals surface area contributed by atoms with E-state index in [4.69, 9.17) is 0 Å². The van der Waals surface area contributed by atoms with Gasteiger partial charge < -0.3 is 10.2 Å². The first-order valence-corrected chi connectivity index (χ1v) is 6.57. The van der Waals surface area contributed by atoms with Gasteiger partial charge in [-0.2, -0.15) is 0 Å². The van der Waals surface area contributed by atoms with Gasteiger partial charge in [-0.15, -0.1) is 0 Å². The molecule has 1 rings (SSSR count). The maximum Gasteiger partial charge on any atom is 0.0802 e. The maximum absolute atomic E-state index is 10.2. The van der Waals surface area contributed by atoms with Gasteiger partial charge in [0.2, 0.25) is 0 Å². The molecule has 0 amide bonds. The minimum Gasteiger partial charge on any atom is -0.392 e. The maximum atomic E-state index is 10.2. The summed E-state index contributed by atoms with van der Waals surface area (Å²) in [5, 5.41) is 20.4. The van der Waals surface area contributed by atoms with Crippen LogP contribution in [0.25, 0.3) is 0 Å². The molecule has 3 atom stereocenters. The molecule has 1 aliphatic rings. The van der Waals surface area contributed by atoms with E-state index in [1.54, 1.807) is 0 Å². The van der Waals surface area contributed by atoms with E-state index in [0.29, 0.717) is 5.92 Å². The molecular weight excluding hydrogens is 212 g/mol. The van der Waals surface area contributed by atoms with E-state index < -0.39 is 5.60 Å². The lowest BCUT2D eigenvalue weighted by molar-refractivity contribution is 0.0909. The summed E-state index contributed by atoms with van der Waals surface area (Å²) in [5.74, 6) is 0.493. The fourth-order valence-electron chi connectivity index (χ4n) is 2.36. The second-order valence-corrected chi connectivity index (χ2v) is 5.90. The summed E-state index contributed by atoms with van der Waals surface area (Å²) >= 11 is 0. The third-order valence-electron chi connectivity index (χ3n) is 3.57. The Kier molecular flexibility index (Phi) is 4.96. The summed E-state index contributed by atoms with van der Waals surface area (Å²) in [6.07, 6.45) is 7.97. The average molecular weight is 238 g/mol. The lowest BCUT2D eigenvalue weighted by atomic mass is 9.84. The molecule has 17 heavy (non-hydrogen) atoms. The highest BCUT2D eigenvalue weighted by molar-refractivity contribution is 5.09. The molecule has 0 fully saturated rings. The normalized spacial score (nSPS) is 35.8. The van der Waals surface area contributed by atoms with Crippen molar-refractivity contribution in [2.24, 2.45) is 11.8 Å². The van der Waals surface area contributed by atoms with Crippen LogP contribution >= 0.6 is 0 Å². The van der Waals surface area contributed by atoms with Gasteiger partial charge in [0.25, 0.3) is 0 Å². The molecule has 0 heterocycles. The molecule has 0 saturated carbocycles. The molecule has 98 valence electrons. The van der Waals surface area contributed by atoms with Crippen molar-refractivity contribution < 1.29 is 10.2 Å². The zero-order valence-corrected chi connectivity index (χ0v) is 11.5. The predicted octanol–water partition coefficient (Wildman–Crippen LogP) is 3.06. The van der Waals surface area contributed by atoms with Gasteiger partial charge in [-0.1, -0.05) is 37.6 Å². The third-order valence-corrected chi connectivity index (χ3v) is 3.57. The largest absolute Gasteiger partial charge is 0.392 e. The van der Waals surface area contributed by atoms with E-state index in [9.17, 15) is 10.2 Å². The monoisotopic (exact) mass is 238 g/mol. The van der Waals surface area contributed by atoms with E-state index in [2.05, 4.69) is 26.8 Å². The van der Waals surface area contributed by atoms with Crippen molar-refractivity contribution in [3.05, 3.63) is 23.8 Å². The smallest absolute Gasteiger partial charge is 0.0802 e. The van der Waals surface area contributed by atoms with Crippen LogP contribution in [0.15, 0.2) is 23.8 Å². The van der Waals surface area contributed by atoms with Gasteiger partial charge in [0.05, 0.1) is 11.7 Å². The topological polar surface area (TPSA) is 40.5 Å². The Morgan fingerprint density at radius 1 is 1.41 bits per heavy atom. The average Bonchev–Trinajstić information content (AvgIpc) is 2.15. The molecule has 2 N–H and O–H groups in total. The Morgan fingerprint density at radius 2 is 2.06 bits per heavy atom. The summed E-state index contributed by atoms with van der Waals surface area (Å²) in [5.41, 5.74) is 0.454. The minimum absolute atomic E-state index is 0.114. The molecule has 0 aromatic heterocycles. The van der Waals surface area contributed by atoms with Crippen molar-refractivity contribution in [1.82, 2.24) is 0 Å². The van der Waals surface area contributed by atoms with Crippen molar-refractivity contribution >= 4 is 0 Å². The summed E-state index contributed by atoms with van der Waals surface area (Å²) < 4.78 is 0. The number of hydrogen-bond donors (Lipinski definition) is 2. The first-order valence-electron chi connectivity index (χ1n) is 6.57. The molecule has 0 spiro atoms. The van der Waals surface area contributed by atoms with Crippen LogP contribution in [-0.2, 0) is 0 Å². The Hall–Kier alpha value is -0.600. The van der Waals surface area contributed by atoms with Crippen LogP contribution < -0.4 is 0 Å². The highest BCUT2D eigenvalue weighted by Gasteiger charge is 2.23. The number of aliphatic hydroxyl groups is 2. The van der Waals surface area contributed by atoms with Crippen molar-refractivity contribution in [2.45, 2.75) is 58.7 Å². The predicted molar refractivity (Wildman–Crippen MR) is 71.7 cm³/mol. The zero-order chi connectivity index (χ0) is 13.1. The van der Waals surface area contributed by atoms with Crippen molar-refractivity contribution in [2.75, 3.05) is 0 Å². The van der Waals surface area contributed by atoms with Crippen molar-refractivity contribution in [3.8, 4) is 0 Å². The number of hydrogen-bond acceptors (Lipinski definition) is 2. The van der Waals surface area contributed by atoms with Gasteiger partial charge in [0.1, 0.15) is 0 Å². The minimum atomic E-state index is -0.763. The highest BCUT2D eigenvalue weighted by atomic mass is 16.3. The van der Waals surface area contributed by atoms with E-state index in [0.717, 1.165) is 19.3 Å². The third kappa shape index (κ3) is 4.64. The molecule has 0 radical (unpaired) electrons.